The van der Waals surface area contributed by atoms with Crippen LogP contribution in [0.3, 0.4) is 0 Å². The van der Waals surface area contributed by atoms with E-state index in [9.17, 15) is 0 Å². The number of anilines is 1. The van der Waals surface area contributed by atoms with Crippen molar-refractivity contribution in [1.82, 2.24) is 0 Å². The Balaban J connectivity index is 2.19. The number of hydrogen-bond donors (Lipinski definition) is 1. The van der Waals surface area contributed by atoms with Crippen molar-refractivity contribution in [2.24, 2.45) is 0 Å². The van der Waals surface area contributed by atoms with Crippen LogP contribution in [0.4, 0.5) is 5.69 Å². The van der Waals surface area contributed by atoms with E-state index in [1.54, 1.807) is 19.2 Å². The molecule has 0 fully saturated rings. The molecule has 3 nitrogen and oxygen atoms in total. The molecule has 1 N–H and O–H groups in total. The highest BCUT2D eigenvalue weighted by Crippen LogP contribution is 2.23. The number of nitrogens with one attached hydrogen (secondary N) is 1. The quantitative estimate of drug-likeness (QED) is 0.929. The normalized spacial score (nSPS) is 9.74. The summed E-state index contributed by atoms with van der Waals surface area (Å²) in [5.74, 6) is 0.730. The zero-order valence-electron chi connectivity index (χ0n) is 10.5. The molecular weight excluding hydrogens is 304 g/mol. The van der Waals surface area contributed by atoms with E-state index < -0.39 is 0 Å². The molecule has 0 aliphatic carbocycles. The van der Waals surface area contributed by atoms with Gasteiger partial charge in [0, 0.05) is 17.1 Å². The zero-order chi connectivity index (χ0) is 13.7. The molecule has 0 atom stereocenters. The molecule has 96 valence electrons. The molecule has 0 aromatic heterocycles. The zero-order valence-corrected chi connectivity index (χ0v) is 12.1. The predicted octanol–water partition coefficient (Wildman–Crippen LogP) is 3.94. The van der Waals surface area contributed by atoms with Crippen LogP contribution in [0.1, 0.15) is 11.1 Å². The van der Waals surface area contributed by atoms with E-state index in [4.69, 9.17) is 10.00 Å². The molecule has 0 saturated carbocycles. The van der Waals surface area contributed by atoms with E-state index in [1.807, 2.05) is 30.3 Å². The minimum atomic E-state index is 0.604. The highest BCUT2D eigenvalue weighted by Gasteiger charge is 2.05. The van der Waals surface area contributed by atoms with Crippen LogP contribution in [0.25, 0.3) is 0 Å². The van der Waals surface area contributed by atoms with Crippen LogP contribution in [0.2, 0.25) is 0 Å². The van der Waals surface area contributed by atoms with Crippen molar-refractivity contribution in [3.05, 3.63) is 58.1 Å². The maximum atomic E-state index is 9.09. The van der Waals surface area contributed by atoms with Gasteiger partial charge in [0.1, 0.15) is 11.8 Å². The van der Waals surface area contributed by atoms with Crippen LogP contribution in [0.5, 0.6) is 5.75 Å². The van der Waals surface area contributed by atoms with E-state index in [2.05, 4.69) is 27.3 Å². The Morgan fingerprint density at radius 3 is 2.74 bits per heavy atom. The number of benzene rings is 2. The third kappa shape index (κ3) is 3.27. The Hall–Kier alpha value is -1.99. The maximum Gasteiger partial charge on any atom is 0.121 e. The van der Waals surface area contributed by atoms with Gasteiger partial charge in [0.2, 0.25) is 0 Å². The summed E-state index contributed by atoms with van der Waals surface area (Å²) in [4.78, 5) is 0. The van der Waals surface area contributed by atoms with Gasteiger partial charge in [-0.1, -0.05) is 34.1 Å². The molecule has 0 heterocycles. The number of halogens is 1. The maximum absolute atomic E-state index is 9.09. The van der Waals surface area contributed by atoms with Gasteiger partial charge in [0.25, 0.3) is 0 Å². The summed E-state index contributed by atoms with van der Waals surface area (Å²) in [7, 11) is 1.61. The van der Waals surface area contributed by atoms with Crippen LogP contribution in [-0.2, 0) is 6.54 Å². The Labute approximate surface area is 121 Å². The van der Waals surface area contributed by atoms with Gasteiger partial charge < -0.3 is 10.1 Å². The first-order valence-corrected chi connectivity index (χ1v) is 6.59. The monoisotopic (exact) mass is 316 g/mol. The third-order valence-corrected chi connectivity index (χ3v) is 3.55. The summed E-state index contributed by atoms with van der Waals surface area (Å²) in [6.45, 7) is 0.642. The molecule has 2 aromatic rings. The molecule has 0 unspecified atom stereocenters. The first-order chi connectivity index (χ1) is 9.24. The van der Waals surface area contributed by atoms with Crippen molar-refractivity contribution < 1.29 is 4.74 Å². The fourth-order valence-electron chi connectivity index (χ4n) is 1.73. The van der Waals surface area contributed by atoms with Crippen LogP contribution < -0.4 is 10.1 Å². The van der Waals surface area contributed by atoms with Gasteiger partial charge in [0.15, 0.2) is 0 Å². The molecule has 0 amide bonds. The van der Waals surface area contributed by atoms with Crippen LogP contribution in [0, 0.1) is 11.3 Å². The molecule has 2 aromatic carbocycles. The van der Waals surface area contributed by atoms with Gasteiger partial charge in [-0.15, -0.1) is 0 Å². The van der Waals surface area contributed by atoms with Crippen molar-refractivity contribution in [3.8, 4) is 11.8 Å². The van der Waals surface area contributed by atoms with Gasteiger partial charge in [0.05, 0.1) is 18.4 Å². The van der Waals surface area contributed by atoms with Crippen molar-refractivity contribution in [2.75, 3.05) is 12.4 Å². The fourth-order valence-corrected chi connectivity index (χ4v) is 2.15. The number of nitrogens with zero attached hydrogens (tertiary/aromatic N) is 1. The highest BCUT2D eigenvalue weighted by atomic mass is 79.9. The van der Waals surface area contributed by atoms with Gasteiger partial charge in [-0.05, 0) is 23.8 Å². The molecule has 0 aliphatic rings. The molecule has 0 radical (unpaired) electrons. The highest BCUT2D eigenvalue weighted by molar-refractivity contribution is 9.10. The van der Waals surface area contributed by atoms with Crippen molar-refractivity contribution >= 4 is 21.6 Å². The topological polar surface area (TPSA) is 45.0 Å². The Morgan fingerprint density at radius 2 is 2.05 bits per heavy atom. The van der Waals surface area contributed by atoms with Crippen LogP contribution in [0.15, 0.2) is 46.9 Å². The second-order valence-electron chi connectivity index (χ2n) is 3.97. The standard InChI is InChI=1S/C15H13BrN2O/c1-19-13-7-6-11(9-17)15(8-13)18-10-12-4-2-3-5-14(12)16/h2-8,18H,10H2,1H3. The minimum absolute atomic E-state index is 0.604. The predicted molar refractivity (Wildman–Crippen MR) is 79.2 cm³/mol. The summed E-state index contributed by atoms with van der Waals surface area (Å²) in [5, 5.41) is 12.4. The van der Waals surface area contributed by atoms with Crippen molar-refractivity contribution in [3.63, 3.8) is 0 Å². The largest absolute Gasteiger partial charge is 0.497 e. The summed E-state index contributed by atoms with van der Waals surface area (Å²) >= 11 is 3.50. The van der Waals surface area contributed by atoms with Crippen LogP contribution >= 0.6 is 15.9 Å². The van der Waals surface area contributed by atoms with Gasteiger partial charge >= 0.3 is 0 Å². The number of rotatable bonds is 4. The van der Waals surface area contributed by atoms with Gasteiger partial charge in [-0.2, -0.15) is 5.26 Å². The van der Waals surface area contributed by atoms with E-state index >= 15 is 0 Å². The lowest BCUT2D eigenvalue weighted by Gasteiger charge is -2.11. The number of nitriles is 1. The number of hydrogen-bond acceptors (Lipinski definition) is 3. The van der Waals surface area contributed by atoms with Gasteiger partial charge in [-0.25, -0.2) is 0 Å². The van der Waals surface area contributed by atoms with E-state index in [0.29, 0.717) is 12.1 Å². The minimum Gasteiger partial charge on any atom is -0.497 e. The molecule has 0 bridgehead atoms. The van der Waals surface area contributed by atoms with Crippen molar-refractivity contribution in [2.45, 2.75) is 6.54 Å². The lowest BCUT2D eigenvalue weighted by Crippen LogP contribution is -2.02. The first-order valence-electron chi connectivity index (χ1n) is 5.80. The molecule has 4 heteroatoms. The van der Waals surface area contributed by atoms with Crippen molar-refractivity contribution in [1.29, 1.82) is 5.26 Å². The number of ether oxygens (including phenoxy) is 1. The smallest absolute Gasteiger partial charge is 0.121 e. The Bertz CT molecular complexity index is 620. The summed E-state index contributed by atoms with van der Waals surface area (Å²) in [5.41, 5.74) is 2.51. The summed E-state index contributed by atoms with van der Waals surface area (Å²) in [6.07, 6.45) is 0. The molecular formula is C15H13BrN2O. The Morgan fingerprint density at radius 1 is 1.26 bits per heavy atom. The van der Waals surface area contributed by atoms with Gasteiger partial charge in [-0.3, -0.25) is 0 Å². The second kappa shape index (κ2) is 6.26. The molecule has 19 heavy (non-hydrogen) atoms. The van der Waals surface area contributed by atoms with E-state index in [0.717, 1.165) is 21.5 Å². The molecule has 0 aliphatic heterocycles. The number of methoxy groups -OCH3 is 1. The molecule has 0 saturated heterocycles. The SMILES string of the molecule is COc1ccc(C#N)c(NCc2ccccc2Br)c1. The fraction of sp³-hybridized carbons (Fsp3) is 0.133. The average molecular weight is 317 g/mol. The second-order valence-corrected chi connectivity index (χ2v) is 4.82. The summed E-state index contributed by atoms with van der Waals surface area (Å²) in [6, 6.07) is 15.5. The lowest BCUT2D eigenvalue weighted by molar-refractivity contribution is 0.415. The van der Waals surface area contributed by atoms with E-state index in [1.165, 1.54) is 0 Å². The first kappa shape index (κ1) is 13.4. The van der Waals surface area contributed by atoms with E-state index in [-0.39, 0.29) is 0 Å². The third-order valence-electron chi connectivity index (χ3n) is 2.77. The average Bonchev–Trinajstić information content (AvgIpc) is 2.46. The van der Waals surface area contributed by atoms with Crippen LogP contribution in [-0.4, -0.2) is 7.11 Å². The Kier molecular flexibility index (Phi) is 4.43. The molecule has 2 rings (SSSR count). The molecule has 0 spiro atoms. The lowest BCUT2D eigenvalue weighted by atomic mass is 10.1. The summed E-state index contributed by atoms with van der Waals surface area (Å²) < 4.78 is 6.22.